The van der Waals surface area contributed by atoms with Crippen molar-refractivity contribution in [2.75, 3.05) is 0 Å². The molecular formula is C25H36F2. The standard InChI is InChI=1S/C25H36F2/c1-2-5-19-8-13-22(14-9-19)23-15-10-20(11-16-23)6-3-4-7-21-12-17-24(26)25(27)18-21/h3,6,12,17-20,22-23H,2,4-5,7-11,13-16H2,1H3/b6-3+/t19-,20?,22-,23?. The molecule has 0 aromatic heterocycles. The minimum Gasteiger partial charge on any atom is -0.204 e. The predicted octanol–water partition coefficient (Wildman–Crippen LogP) is 7.87. The van der Waals surface area contributed by atoms with E-state index in [0.29, 0.717) is 0 Å². The summed E-state index contributed by atoms with van der Waals surface area (Å²) in [5.41, 5.74) is 0.876. The van der Waals surface area contributed by atoms with Crippen LogP contribution in [-0.2, 0) is 6.42 Å². The highest BCUT2D eigenvalue weighted by atomic mass is 19.2. The monoisotopic (exact) mass is 374 g/mol. The zero-order valence-electron chi connectivity index (χ0n) is 16.9. The van der Waals surface area contributed by atoms with E-state index < -0.39 is 11.6 Å². The highest BCUT2D eigenvalue weighted by Crippen LogP contribution is 2.42. The molecule has 0 N–H and O–H groups in total. The molecule has 0 unspecified atom stereocenters. The average Bonchev–Trinajstić information content (AvgIpc) is 2.69. The summed E-state index contributed by atoms with van der Waals surface area (Å²) >= 11 is 0. The Morgan fingerprint density at radius 3 is 2.19 bits per heavy atom. The Morgan fingerprint density at radius 2 is 1.56 bits per heavy atom. The largest absolute Gasteiger partial charge is 0.204 e. The van der Waals surface area contributed by atoms with E-state index in [9.17, 15) is 8.78 Å². The third-order valence-corrected chi connectivity index (χ3v) is 7.06. The number of hydrogen-bond acceptors (Lipinski definition) is 0. The van der Waals surface area contributed by atoms with Crippen molar-refractivity contribution < 1.29 is 8.78 Å². The third-order valence-electron chi connectivity index (χ3n) is 7.06. The van der Waals surface area contributed by atoms with Gasteiger partial charge in [0.15, 0.2) is 11.6 Å². The lowest BCUT2D eigenvalue weighted by molar-refractivity contribution is 0.152. The van der Waals surface area contributed by atoms with Gasteiger partial charge in [-0.3, -0.25) is 0 Å². The molecule has 0 bridgehead atoms. The van der Waals surface area contributed by atoms with Crippen LogP contribution in [0.15, 0.2) is 30.4 Å². The van der Waals surface area contributed by atoms with Crippen LogP contribution in [0.25, 0.3) is 0 Å². The molecule has 0 saturated heterocycles. The van der Waals surface area contributed by atoms with Crippen LogP contribution in [0.4, 0.5) is 8.78 Å². The minimum atomic E-state index is -0.759. The molecule has 2 aliphatic carbocycles. The lowest BCUT2D eigenvalue weighted by Crippen LogP contribution is -2.25. The average molecular weight is 375 g/mol. The van der Waals surface area contributed by atoms with E-state index in [0.717, 1.165) is 42.1 Å². The van der Waals surface area contributed by atoms with Crippen molar-refractivity contribution in [1.82, 2.24) is 0 Å². The second kappa shape index (κ2) is 10.4. The first-order valence-electron chi connectivity index (χ1n) is 11.3. The maximum Gasteiger partial charge on any atom is 0.159 e. The fourth-order valence-corrected chi connectivity index (χ4v) is 5.40. The quantitative estimate of drug-likeness (QED) is 0.426. The fourth-order valence-electron chi connectivity index (χ4n) is 5.40. The van der Waals surface area contributed by atoms with Gasteiger partial charge in [-0.05, 0) is 92.7 Å². The maximum atomic E-state index is 13.2. The maximum absolute atomic E-state index is 13.2. The molecule has 0 nitrogen and oxygen atoms in total. The highest BCUT2D eigenvalue weighted by molar-refractivity contribution is 5.18. The Morgan fingerprint density at radius 1 is 0.889 bits per heavy atom. The number of hydrogen-bond donors (Lipinski definition) is 0. The van der Waals surface area contributed by atoms with Gasteiger partial charge in [-0.2, -0.15) is 0 Å². The molecule has 0 heterocycles. The summed E-state index contributed by atoms with van der Waals surface area (Å²) in [6, 6.07) is 4.24. The SMILES string of the molecule is CCC[C@H]1CC[C@H](C2CCC(/C=C/CCc3ccc(F)c(F)c3)CC2)CC1. The Bertz CT molecular complexity index is 590. The molecule has 2 fully saturated rings. The summed E-state index contributed by atoms with van der Waals surface area (Å²) in [4.78, 5) is 0. The Balaban J connectivity index is 1.34. The molecule has 0 amide bonds. The van der Waals surface area contributed by atoms with Gasteiger partial charge in [-0.1, -0.05) is 50.8 Å². The van der Waals surface area contributed by atoms with Crippen molar-refractivity contribution in [3.8, 4) is 0 Å². The summed E-state index contributed by atoms with van der Waals surface area (Å²) in [5, 5.41) is 0. The molecule has 0 radical (unpaired) electrons. The number of allylic oxidation sites excluding steroid dienone is 2. The van der Waals surface area contributed by atoms with Crippen molar-refractivity contribution in [3.63, 3.8) is 0 Å². The summed E-state index contributed by atoms with van der Waals surface area (Å²) in [6.45, 7) is 2.32. The van der Waals surface area contributed by atoms with Gasteiger partial charge >= 0.3 is 0 Å². The highest BCUT2D eigenvalue weighted by Gasteiger charge is 2.29. The molecule has 0 aliphatic heterocycles. The van der Waals surface area contributed by atoms with Crippen molar-refractivity contribution in [3.05, 3.63) is 47.5 Å². The predicted molar refractivity (Wildman–Crippen MR) is 110 cm³/mol. The second-order valence-corrected chi connectivity index (χ2v) is 8.96. The Hall–Kier alpha value is -1.18. The van der Waals surface area contributed by atoms with E-state index >= 15 is 0 Å². The molecule has 2 saturated carbocycles. The summed E-state index contributed by atoms with van der Waals surface area (Å²) in [7, 11) is 0. The van der Waals surface area contributed by atoms with Crippen LogP contribution in [0.5, 0.6) is 0 Å². The van der Waals surface area contributed by atoms with E-state index in [2.05, 4.69) is 19.1 Å². The first-order chi connectivity index (χ1) is 13.2. The number of benzene rings is 1. The van der Waals surface area contributed by atoms with Gasteiger partial charge in [0.2, 0.25) is 0 Å². The molecule has 0 atom stereocenters. The Labute approximate surface area is 164 Å². The first-order valence-corrected chi connectivity index (χ1v) is 11.3. The van der Waals surface area contributed by atoms with Crippen LogP contribution in [0.2, 0.25) is 0 Å². The molecule has 1 aromatic carbocycles. The van der Waals surface area contributed by atoms with Crippen LogP contribution in [0.3, 0.4) is 0 Å². The zero-order valence-corrected chi connectivity index (χ0v) is 16.9. The zero-order chi connectivity index (χ0) is 19.1. The normalized spacial score (nSPS) is 29.3. The van der Waals surface area contributed by atoms with Crippen LogP contribution in [-0.4, -0.2) is 0 Å². The molecule has 1 aromatic rings. The summed E-state index contributed by atoms with van der Waals surface area (Å²) in [5.74, 6) is 2.21. The minimum absolute atomic E-state index is 0.725. The van der Waals surface area contributed by atoms with Crippen LogP contribution in [0, 0.1) is 35.3 Å². The number of aryl methyl sites for hydroxylation is 1. The molecule has 0 spiro atoms. The van der Waals surface area contributed by atoms with Crippen molar-refractivity contribution in [2.24, 2.45) is 23.7 Å². The van der Waals surface area contributed by atoms with Gasteiger partial charge in [0.05, 0.1) is 0 Å². The molecular weight excluding hydrogens is 338 g/mol. The number of halogens is 2. The van der Waals surface area contributed by atoms with Crippen LogP contribution >= 0.6 is 0 Å². The van der Waals surface area contributed by atoms with Gasteiger partial charge in [-0.15, -0.1) is 0 Å². The van der Waals surface area contributed by atoms with Crippen LogP contribution < -0.4 is 0 Å². The molecule has 27 heavy (non-hydrogen) atoms. The van der Waals surface area contributed by atoms with Gasteiger partial charge in [0.25, 0.3) is 0 Å². The van der Waals surface area contributed by atoms with Gasteiger partial charge in [0.1, 0.15) is 0 Å². The lowest BCUT2D eigenvalue weighted by atomic mass is 9.68. The van der Waals surface area contributed by atoms with E-state index in [-0.39, 0.29) is 0 Å². The molecule has 150 valence electrons. The van der Waals surface area contributed by atoms with Gasteiger partial charge < -0.3 is 0 Å². The van der Waals surface area contributed by atoms with Crippen LogP contribution in [0.1, 0.15) is 83.1 Å². The van der Waals surface area contributed by atoms with E-state index in [4.69, 9.17) is 0 Å². The van der Waals surface area contributed by atoms with E-state index in [1.54, 1.807) is 6.07 Å². The molecule has 2 heteroatoms. The van der Waals surface area contributed by atoms with Gasteiger partial charge in [-0.25, -0.2) is 8.78 Å². The second-order valence-electron chi connectivity index (χ2n) is 8.96. The Kier molecular flexibility index (Phi) is 7.91. The van der Waals surface area contributed by atoms with Crippen molar-refractivity contribution in [2.45, 2.75) is 84.0 Å². The number of rotatable bonds is 7. The first kappa shape index (κ1) is 20.6. The van der Waals surface area contributed by atoms with E-state index in [1.165, 1.54) is 76.3 Å². The lowest BCUT2D eigenvalue weighted by Gasteiger charge is -2.37. The summed E-state index contributed by atoms with van der Waals surface area (Å²) in [6.07, 6.45) is 20.5. The summed E-state index contributed by atoms with van der Waals surface area (Å²) < 4.78 is 26.2. The van der Waals surface area contributed by atoms with Crippen molar-refractivity contribution in [1.29, 1.82) is 0 Å². The van der Waals surface area contributed by atoms with Gasteiger partial charge in [0, 0.05) is 0 Å². The molecule has 2 aliphatic rings. The van der Waals surface area contributed by atoms with E-state index in [1.807, 2.05) is 0 Å². The van der Waals surface area contributed by atoms with Crippen molar-refractivity contribution >= 4 is 0 Å². The topological polar surface area (TPSA) is 0 Å². The smallest absolute Gasteiger partial charge is 0.159 e. The fraction of sp³-hybridized carbons (Fsp3) is 0.680. The third kappa shape index (κ3) is 6.16. The molecule has 3 rings (SSSR count).